The number of hydrogen-bond donors (Lipinski definition) is 0. The van der Waals surface area contributed by atoms with Gasteiger partial charge in [-0.3, -0.25) is 4.79 Å². The van der Waals surface area contributed by atoms with Crippen molar-refractivity contribution in [3.63, 3.8) is 0 Å². The topological polar surface area (TPSA) is 31.2 Å². The van der Waals surface area contributed by atoms with Gasteiger partial charge in [-0.05, 0) is 18.2 Å². The molecule has 0 N–H and O–H groups in total. The normalized spacial score (nSPS) is 8.73. The number of carbonyl (C=O) groups is 1. The van der Waals surface area contributed by atoms with Gasteiger partial charge in [0.05, 0.1) is 5.69 Å². The van der Waals surface area contributed by atoms with Crippen LogP contribution in [0.25, 0.3) is 0 Å². The van der Waals surface area contributed by atoms with Crippen molar-refractivity contribution in [2.24, 2.45) is 0 Å². The fraction of sp³-hybridized carbons (Fsp3) is 0. The van der Waals surface area contributed by atoms with Crippen molar-refractivity contribution in [2.75, 3.05) is 0 Å². The van der Waals surface area contributed by atoms with Gasteiger partial charge in [-0.25, -0.2) is 5.32 Å². The van der Waals surface area contributed by atoms with E-state index in [9.17, 15) is 4.79 Å². The molecule has 11 heavy (non-hydrogen) atoms. The van der Waals surface area contributed by atoms with E-state index in [0.717, 1.165) is 0 Å². The molecule has 0 spiro atoms. The lowest BCUT2D eigenvalue weighted by Gasteiger charge is -1.95. The van der Waals surface area contributed by atoms with Crippen molar-refractivity contribution in [2.45, 2.75) is 0 Å². The van der Waals surface area contributed by atoms with E-state index in [-0.39, 0.29) is 5.91 Å². The quantitative estimate of drug-likeness (QED) is 0.583. The molecule has 0 aromatic heterocycles. The number of hydrogen-bond acceptors (Lipinski definition) is 1. The van der Waals surface area contributed by atoms with Gasteiger partial charge in [0.2, 0.25) is 0 Å². The van der Waals surface area contributed by atoms with Crippen LogP contribution in [0, 0.1) is 0 Å². The van der Waals surface area contributed by atoms with Crippen LogP contribution in [0.4, 0.5) is 5.69 Å². The van der Waals surface area contributed by atoms with Crippen LogP contribution in [-0.4, -0.2) is 5.91 Å². The van der Waals surface area contributed by atoms with Gasteiger partial charge in [0, 0.05) is 0 Å². The largest absolute Gasteiger partial charge is 0.269 e. The fourth-order valence-electron chi connectivity index (χ4n) is 0.675. The zero-order valence-electron chi connectivity index (χ0n) is 6.03. The highest BCUT2D eigenvalue weighted by Gasteiger charge is 1.96. The Morgan fingerprint density at radius 2 is 2.00 bits per heavy atom. The molecule has 0 saturated heterocycles. The summed E-state index contributed by atoms with van der Waals surface area (Å²) in [5, 5.41) is 3.72. The zero-order chi connectivity index (χ0) is 8.10. The third-order valence-corrected chi connectivity index (χ3v) is 1.17. The van der Waals surface area contributed by atoms with Crippen LogP contribution in [-0.2, 0) is 4.79 Å². The first-order valence-electron chi connectivity index (χ1n) is 3.26. The summed E-state index contributed by atoms with van der Waals surface area (Å²) < 4.78 is 0. The highest BCUT2D eigenvalue weighted by atomic mass is 16.1. The Kier molecular flexibility index (Phi) is 2.44. The molecule has 2 heteroatoms. The molecule has 0 aliphatic heterocycles. The van der Waals surface area contributed by atoms with E-state index < -0.39 is 0 Å². The van der Waals surface area contributed by atoms with Crippen LogP contribution in [0.1, 0.15) is 0 Å². The molecule has 1 amide bonds. The van der Waals surface area contributed by atoms with Crippen LogP contribution < -0.4 is 5.32 Å². The third-order valence-electron chi connectivity index (χ3n) is 1.17. The number of para-hydroxylation sites is 1. The molecular weight excluding hydrogens is 138 g/mol. The summed E-state index contributed by atoms with van der Waals surface area (Å²) in [5.41, 5.74) is 0.664. The molecule has 0 heterocycles. The summed E-state index contributed by atoms with van der Waals surface area (Å²) in [4.78, 5) is 10.7. The Morgan fingerprint density at radius 1 is 1.36 bits per heavy atom. The number of amides is 1. The van der Waals surface area contributed by atoms with Gasteiger partial charge in [0.25, 0.3) is 5.91 Å². The molecule has 1 radical (unpaired) electrons. The van der Waals surface area contributed by atoms with Gasteiger partial charge in [-0.2, -0.15) is 0 Å². The average molecular weight is 146 g/mol. The molecular formula is C9H8NO. The second-order valence-electron chi connectivity index (χ2n) is 1.99. The highest BCUT2D eigenvalue weighted by Crippen LogP contribution is 2.04. The van der Waals surface area contributed by atoms with Crippen LogP contribution in [0.15, 0.2) is 43.0 Å². The van der Waals surface area contributed by atoms with Gasteiger partial charge in [-0.15, -0.1) is 0 Å². The second-order valence-corrected chi connectivity index (χ2v) is 1.99. The van der Waals surface area contributed by atoms with E-state index in [0.29, 0.717) is 5.69 Å². The maximum atomic E-state index is 10.7. The molecule has 2 nitrogen and oxygen atoms in total. The average Bonchev–Trinajstić information content (AvgIpc) is 2.06. The minimum Gasteiger partial charge on any atom is -0.267 e. The van der Waals surface area contributed by atoms with Crippen molar-refractivity contribution in [3.05, 3.63) is 43.0 Å². The lowest BCUT2D eigenvalue weighted by atomic mass is 10.3. The predicted molar refractivity (Wildman–Crippen MR) is 43.4 cm³/mol. The first-order chi connectivity index (χ1) is 5.33. The van der Waals surface area contributed by atoms with Crippen LogP contribution in [0.2, 0.25) is 0 Å². The summed E-state index contributed by atoms with van der Waals surface area (Å²) in [6, 6.07) is 9.06. The summed E-state index contributed by atoms with van der Waals surface area (Å²) in [5.74, 6) is -0.309. The van der Waals surface area contributed by atoms with Crippen molar-refractivity contribution in [3.8, 4) is 0 Å². The Morgan fingerprint density at radius 3 is 2.55 bits per heavy atom. The molecule has 0 fully saturated rings. The minimum atomic E-state index is -0.309. The lowest BCUT2D eigenvalue weighted by Crippen LogP contribution is -2.05. The van der Waals surface area contributed by atoms with Crippen LogP contribution >= 0.6 is 0 Å². The fourth-order valence-corrected chi connectivity index (χ4v) is 0.675. The maximum absolute atomic E-state index is 10.7. The first-order valence-corrected chi connectivity index (χ1v) is 3.26. The Balaban J connectivity index is 2.65. The minimum absolute atomic E-state index is 0.309. The second kappa shape index (κ2) is 3.56. The summed E-state index contributed by atoms with van der Waals surface area (Å²) in [7, 11) is 0. The van der Waals surface area contributed by atoms with E-state index in [1.54, 1.807) is 12.1 Å². The van der Waals surface area contributed by atoms with E-state index >= 15 is 0 Å². The molecule has 0 aliphatic carbocycles. The van der Waals surface area contributed by atoms with Gasteiger partial charge < -0.3 is 0 Å². The molecule has 0 bridgehead atoms. The summed E-state index contributed by atoms with van der Waals surface area (Å²) in [6.45, 7) is 3.31. The molecule has 1 aromatic carbocycles. The predicted octanol–water partition coefficient (Wildman–Crippen LogP) is 1.64. The molecule has 0 atom stereocenters. The SMILES string of the molecule is C=CC(=O)[N]c1ccccc1. The van der Waals surface area contributed by atoms with E-state index in [1.165, 1.54) is 6.08 Å². The van der Waals surface area contributed by atoms with Gasteiger partial charge in [0.1, 0.15) is 0 Å². The van der Waals surface area contributed by atoms with Gasteiger partial charge in [0.15, 0.2) is 0 Å². The highest BCUT2D eigenvalue weighted by molar-refractivity contribution is 5.90. The third kappa shape index (κ3) is 2.26. The van der Waals surface area contributed by atoms with Crippen LogP contribution in [0.5, 0.6) is 0 Å². The first kappa shape index (κ1) is 7.54. The van der Waals surface area contributed by atoms with E-state index in [2.05, 4.69) is 11.9 Å². The molecule has 0 aliphatic rings. The molecule has 55 valence electrons. The molecule has 0 unspecified atom stereocenters. The number of benzene rings is 1. The molecule has 1 rings (SSSR count). The molecule has 1 aromatic rings. The zero-order valence-corrected chi connectivity index (χ0v) is 6.03. The van der Waals surface area contributed by atoms with Crippen molar-refractivity contribution >= 4 is 11.6 Å². The van der Waals surface area contributed by atoms with Crippen LogP contribution in [0.3, 0.4) is 0 Å². The van der Waals surface area contributed by atoms with Crippen molar-refractivity contribution in [1.29, 1.82) is 0 Å². The lowest BCUT2D eigenvalue weighted by molar-refractivity contribution is -0.115. The molecule has 0 saturated carbocycles. The van der Waals surface area contributed by atoms with Crippen molar-refractivity contribution in [1.82, 2.24) is 5.32 Å². The Labute approximate surface area is 65.5 Å². The number of carbonyl (C=O) groups excluding carboxylic acids is 1. The smallest absolute Gasteiger partial charge is 0.267 e. The Bertz CT molecular complexity index is 254. The standard InChI is InChI=1S/C9H8NO/c1-2-9(11)10-8-6-4-3-5-7-8/h2-7H,1H2. The monoisotopic (exact) mass is 146 g/mol. The maximum Gasteiger partial charge on any atom is 0.269 e. The summed E-state index contributed by atoms with van der Waals surface area (Å²) in [6.07, 6.45) is 1.19. The van der Waals surface area contributed by atoms with Crippen molar-refractivity contribution < 1.29 is 4.79 Å². The van der Waals surface area contributed by atoms with Gasteiger partial charge in [-0.1, -0.05) is 24.8 Å². The van der Waals surface area contributed by atoms with E-state index in [4.69, 9.17) is 0 Å². The number of rotatable bonds is 2. The number of nitrogens with zero attached hydrogens (tertiary/aromatic N) is 1. The van der Waals surface area contributed by atoms with E-state index in [1.807, 2.05) is 18.2 Å². The Hall–Kier alpha value is -1.57. The summed E-state index contributed by atoms with van der Waals surface area (Å²) >= 11 is 0. The van der Waals surface area contributed by atoms with Gasteiger partial charge >= 0.3 is 0 Å².